The van der Waals surface area contributed by atoms with Gasteiger partial charge in [-0.2, -0.15) is 0 Å². The molecule has 0 atom stereocenters. The van der Waals surface area contributed by atoms with Gasteiger partial charge in [0, 0.05) is 6.54 Å². The zero-order valence-corrected chi connectivity index (χ0v) is 14.9. The molecule has 0 unspecified atom stereocenters. The molecule has 0 aliphatic rings. The van der Waals surface area contributed by atoms with Crippen molar-refractivity contribution in [3.05, 3.63) is 58.4 Å². The van der Waals surface area contributed by atoms with Gasteiger partial charge in [0.1, 0.15) is 11.6 Å². The average molecular weight is 374 g/mol. The second kappa shape index (κ2) is 7.52. The Bertz CT molecular complexity index is 961. The molecule has 0 radical (unpaired) electrons. The van der Waals surface area contributed by atoms with Gasteiger partial charge in [0.25, 0.3) is 5.69 Å². The highest BCUT2D eigenvalue weighted by Crippen LogP contribution is 2.37. The first-order valence-corrected chi connectivity index (χ1v) is 8.55. The van der Waals surface area contributed by atoms with Gasteiger partial charge in [-0.1, -0.05) is 12.1 Å². The molecule has 0 saturated heterocycles. The smallest absolute Gasteiger partial charge is 0.286 e. The lowest BCUT2D eigenvalue weighted by Crippen LogP contribution is -2.01. The van der Waals surface area contributed by atoms with Crippen LogP contribution in [-0.2, 0) is 6.54 Å². The van der Waals surface area contributed by atoms with E-state index in [0.29, 0.717) is 28.2 Å². The highest BCUT2D eigenvalue weighted by Gasteiger charge is 2.21. The average Bonchev–Trinajstić information content (AvgIpc) is 3.05. The van der Waals surface area contributed by atoms with E-state index < -0.39 is 10.7 Å². The van der Waals surface area contributed by atoms with Gasteiger partial charge < -0.3 is 9.30 Å². The van der Waals surface area contributed by atoms with Crippen LogP contribution in [0, 0.1) is 15.9 Å². The Kier molecular flexibility index (Phi) is 5.17. The third-order valence-corrected chi connectivity index (χ3v) is 4.75. The van der Waals surface area contributed by atoms with Crippen LogP contribution in [0.15, 0.2) is 52.5 Å². The van der Waals surface area contributed by atoms with Crippen molar-refractivity contribution < 1.29 is 14.1 Å². The monoisotopic (exact) mass is 374 g/mol. The molecule has 1 aromatic heterocycles. The van der Waals surface area contributed by atoms with E-state index in [-0.39, 0.29) is 5.69 Å². The number of methoxy groups -OCH3 is 1. The normalized spacial score (nSPS) is 10.7. The molecule has 0 fully saturated rings. The van der Waals surface area contributed by atoms with E-state index in [2.05, 4.69) is 10.2 Å². The van der Waals surface area contributed by atoms with Crippen LogP contribution in [0.5, 0.6) is 5.75 Å². The Morgan fingerprint density at radius 3 is 2.73 bits per heavy atom. The summed E-state index contributed by atoms with van der Waals surface area (Å²) < 4.78 is 20.5. The van der Waals surface area contributed by atoms with Crippen molar-refractivity contribution in [1.29, 1.82) is 0 Å². The van der Waals surface area contributed by atoms with E-state index in [4.69, 9.17) is 4.74 Å². The molecule has 3 rings (SSSR count). The predicted molar refractivity (Wildman–Crippen MR) is 94.9 cm³/mol. The summed E-state index contributed by atoms with van der Waals surface area (Å²) in [6, 6.07) is 10.9. The van der Waals surface area contributed by atoms with Gasteiger partial charge in [-0.3, -0.25) is 10.1 Å². The summed E-state index contributed by atoms with van der Waals surface area (Å²) in [5.74, 6) is 0.587. The van der Waals surface area contributed by atoms with Crippen molar-refractivity contribution >= 4 is 17.4 Å². The van der Waals surface area contributed by atoms with Gasteiger partial charge in [-0.25, -0.2) is 4.39 Å². The number of hydrogen-bond donors (Lipinski definition) is 0. The first-order chi connectivity index (χ1) is 12.5. The predicted octanol–water partition coefficient (Wildman–Crippen LogP) is 4.17. The molecule has 0 amide bonds. The maximum Gasteiger partial charge on any atom is 0.286 e. The van der Waals surface area contributed by atoms with Crippen LogP contribution >= 0.6 is 11.8 Å². The molecule has 134 valence electrons. The second-order valence-electron chi connectivity index (χ2n) is 5.22. The highest BCUT2D eigenvalue weighted by molar-refractivity contribution is 7.99. The number of nitro benzene ring substituents is 1. The lowest BCUT2D eigenvalue weighted by Gasteiger charge is -2.10. The van der Waals surface area contributed by atoms with E-state index >= 15 is 0 Å². The fraction of sp³-hybridized carbons (Fsp3) is 0.176. The molecule has 7 nitrogen and oxygen atoms in total. The van der Waals surface area contributed by atoms with Crippen molar-refractivity contribution in [2.75, 3.05) is 7.11 Å². The number of nitrogens with zero attached hydrogens (tertiary/aromatic N) is 4. The van der Waals surface area contributed by atoms with Crippen LogP contribution in [0.1, 0.15) is 6.92 Å². The fourth-order valence-corrected chi connectivity index (χ4v) is 3.47. The van der Waals surface area contributed by atoms with Gasteiger partial charge in [0.2, 0.25) is 0 Å². The van der Waals surface area contributed by atoms with E-state index in [0.717, 1.165) is 23.4 Å². The minimum atomic E-state index is -0.660. The number of aromatic nitrogens is 3. The molecule has 26 heavy (non-hydrogen) atoms. The minimum Gasteiger partial charge on any atom is -0.496 e. The van der Waals surface area contributed by atoms with Gasteiger partial charge in [-0.05, 0) is 43.0 Å². The molecular weight excluding hydrogens is 359 g/mol. The number of nitro groups is 1. The number of rotatable bonds is 6. The number of benzene rings is 2. The van der Waals surface area contributed by atoms with E-state index in [1.165, 1.54) is 12.1 Å². The van der Waals surface area contributed by atoms with Crippen LogP contribution < -0.4 is 4.74 Å². The number of ether oxygens (including phenoxy) is 1. The molecule has 0 bridgehead atoms. The summed E-state index contributed by atoms with van der Waals surface area (Å²) >= 11 is 1.07. The zero-order valence-electron chi connectivity index (χ0n) is 14.0. The van der Waals surface area contributed by atoms with Crippen LogP contribution in [0.4, 0.5) is 10.1 Å². The lowest BCUT2D eigenvalue weighted by atomic mass is 10.2. The first-order valence-electron chi connectivity index (χ1n) is 7.73. The maximum atomic E-state index is 13.3. The summed E-state index contributed by atoms with van der Waals surface area (Å²) in [6.07, 6.45) is 0. The van der Waals surface area contributed by atoms with Crippen LogP contribution in [-0.4, -0.2) is 26.8 Å². The molecule has 1 heterocycles. The summed E-state index contributed by atoms with van der Waals surface area (Å²) in [6.45, 7) is 2.48. The van der Waals surface area contributed by atoms with Crippen molar-refractivity contribution in [2.45, 2.75) is 23.5 Å². The summed E-state index contributed by atoms with van der Waals surface area (Å²) in [5.41, 5.74) is 0.462. The molecule has 0 spiro atoms. The van der Waals surface area contributed by atoms with Gasteiger partial charge in [0.15, 0.2) is 11.0 Å². The van der Waals surface area contributed by atoms with Crippen LogP contribution in [0.25, 0.3) is 11.4 Å². The molecule has 2 aromatic carbocycles. The summed E-state index contributed by atoms with van der Waals surface area (Å²) in [5, 5.41) is 20.1. The molecule has 0 aliphatic carbocycles. The van der Waals surface area contributed by atoms with Gasteiger partial charge in [-0.15, -0.1) is 10.2 Å². The summed E-state index contributed by atoms with van der Waals surface area (Å²) in [7, 11) is 1.57. The van der Waals surface area contributed by atoms with E-state index in [1.807, 2.05) is 35.8 Å². The van der Waals surface area contributed by atoms with Crippen molar-refractivity contribution in [3.63, 3.8) is 0 Å². The largest absolute Gasteiger partial charge is 0.496 e. The Morgan fingerprint density at radius 2 is 2.04 bits per heavy atom. The zero-order chi connectivity index (χ0) is 18.7. The van der Waals surface area contributed by atoms with Crippen molar-refractivity contribution in [3.8, 4) is 17.1 Å². The minimum absolute atomic E-state index is 0.296. The Morgan fingerprint density at radius 1 is 1.27 bits per heavy atom. The van der Waals surface area contributed by atoms with Crippen molar-refractivity contribution in [1.82, 2.24) is 14.8 Å². The summed E-state index contributed by atoms with van der Waals surface area (Å²) in [4.78, 5) is 10.9. The Balaban J connectivity index is 2.04. The standard InChI is InChI=1S/C17H15FN4O3S/c1-3-21-16(12-6-4-5-7-14(12)25-2)19-20-17(21)26-15-9-8-11(18)10-13(15)22(23)24/h4-10H,3H2,1-2H3. The Hall–Kier alpha value is -2.94. The third kappa shape index (κ3) is 3.38. The van der Waals surface area contributed by atoms with Gasteiger partial charge >= 0.3 is 0 Å². The molecular formula is C17H15FN4O3S. The number of hydrogen-bond acceptors (Lipinski definition) is 6. The van der Waals surface area contributed by atoms with E-state index in [1.54, 1.807) is 7.11 Å². The lowest BCUT2D eigenvalue weighted by molar-refractivity contribution is -0.387. The SMILES string of the molecule is CCn1c(Sc2ccc(F)cc2[N+](=O)[O-])nnc1-c1ccccc1OC. The topological polar surface area (TPSA) is 83.1 Å². The maximum absolute atomic E-state index is 13.3. The molecule has 0 aliphatic heterocycles. The first kappa shape index (κ1) is 17.9. The van der Waals surface area contributed by atoms with Crippen LogP contribution in [0.3, 0.4) is 0 Å². The number of halogens is 1. The molecule has 0 saturated carbocycles. The van der Waals surface area contributed by atoms with Gasteiger partial charge in [0.05, 0.1) is 28.6 Å². The fourth-order valence-electron chi connectivity index (χ4n) is 2.50. The number of para-hydroxylation sites is 1. The molecule has 3 aromatic rings. The van der Waals surface area contributed by atoms with Crippen LogP contribution in [0.2, 0.25) is 0 Å². The highest BCUT2D eigenvalue weighted by atomic mass is 32.2. The second-order valence-corrected chi connectivity index (χ2v) is 6.23. The van der Waals surface area contributed by atoms with Crippen molar-refractivity contribution in [2.24, 2.45) is 0 Å². The third-order valence-electron chi connectivity index (χ3n) is 3.70. The molecule has 9 heteroatoms. The quantitative estimate of drug-likeness (QED) is 0.476. The van der Waals surface area contributed by atoms with E-state index in [9.17, 15) is 14.5 Å². The molecule has 0 N–H and O–H groups in total. The Labute approximate surface area is 153 Å².